The third-order valence-corrected chi connectivity index (χ3v) is 10.2. The molecule has 0 aliphatic carbocycles. The van der Waals surface area contributed by atoms with Gasteiger partial charge in [-0.05, 0) is 0 Å². The number of aliphatic hydroxyl groups excluding tert-OH is 17. The lowest BCUT2D eigenvalue weighted by molar-refractivity contribution is -0.350. The molecule has 1 unspecified atom stereocenters. The SMILES string of the molecule is OC[C@H]1O[C@@H](OC[C@H]2O[C@@H](OC[C@H]3O[C@@H](OC[C@H]4O[C@@H](OC[C@H]5OC(O)[C@H](O)[C@@H](O)[C@H]5O)[C@H](O)[C@@H](O)[C@H]4O)[C@H](O)[C@@H](O)[C@H]3O)[C@H](O)[C@@H](O)[C@H]2O)[C@H](O)[C@@H](O)[C@H]1O. The lowest BCUT2D eigenvalue weighted by Crippen LogP contribution is -2.63. The van der Waals surface area contributed by atoms with Crippen LogP contribution >= 0.6 is 0 Å². The summed E-state index contributed by atoms with van der Waals surface area (Å²) in [6, 6.07) is 0. The van der Waals surface area contributed by atoms with Gasteiger partial charge in [-0.2, -0.15) is 0 Å². The van der Waals surface area contributed by atoms with Crippen LogP contribution in [0.4, 0.5) is 0 Å². The molecule has 5 fully saturated rings. The quantitative estimate of drug-likeness (QED) is 0.0819. The predicted octanol–water partition coefficient (Wildman–Crippen LogP) is -11.9. The standard InChI is InChI=1S/C30H52O26/c31-1-6-11(32)17(38)22(43)27(53-6)49-3-8-13(34)19(40)24(45)29(55-8)51-5-10-15(36)20(41)25(46)30(56-10)50-4-9-14(35)18(39)23(44)28(54-9)48-2-7-12(33)16(37)21(42)26(47)52-7/h6-47H,1-5H2/t6-,7-,8-,9-,10-,11+,12+,13+,14+,15+,16+,17+,18+,19+,20+,21-,22-,23-,24-,25-,26?,27-,28-,29-,30-/m1/s1. The molecule has 0 bridgehead atoms. The van der Waals surface area contributed by atoms with Gasteiger partial charge in [0.15, 0.2) is 31.5 Å². The molecular formula is C30H52O26. The van der Waals surface area contributed by atoms with Gasteiger partial charge in [0.1, 0.15) is 122 Å². The second-order valence-corrected chi connectivity index (χ2v) is 14.1. The highest BCUT2D eigenvalue weighted by molar-refractivity contribution is 4.95. The van der Waals surface area contributed by atoms with Crippen molar-refractivity contribution in [2.45, 2.75) is 154 Å². The molecule has 26 heteroatoms. The molecular weight excluding hydrogens is 776 g/mol. The fourth-order valence-corrected chi connectivity index (χ4v) is 6.61. The van der Waals surface area contributed by atoms with Crippen LogP contribution in [0.2, 0.25) is 0 Å². The molecule has 5 heterocycles. The molecule has 0 spiro atoms. The van der Waals surface area contributed by atoms with Crippen LogP contribution in [0.15, 0.2) is 0 Å². The number of hydrogen-bond donors (Lipinski definition) is 17. The maximum Gasteiger partial charge on any atom is 0.186 e. The van der Waals surface area contributed by atoms with Gasteiger partial charge in [0.25, 0.3) is 0 Å². The molecule has 0 radical (unpaired) electrons. The van der Waals surface area contributed by atoms with Gasteiger partial charge in [-0.15, -0.1) is 0 Å². The number of hydrogen-bond acceptors (Lipinski definition) is 26. The summed E-state index contributed by atoms with van der Waals surface area (Å²) in [7, 11) is 0. The van der Waals surface area contributed by atoms with Crippen molar-refractivity contribution >= 4 is 0 Å². The van der Waals surface area contributed by atoms with E-state index in [1.807, 2.05) is 0 Å². The summed E-state index contributed by atoms with van der Waals surface area (Å²) in [5.41, 5.74) is 0. The Morgan fingerprint density at radius 3 is 0.786 bits per heavy atom. The average molecular weight is 829 g/mol. The van der Waals surface area contributed by atoms with Gasteiger partial charge in [-0.1, -0.05) is 0 Å². The molecule has 328 valence electrons. The Morgan fingerprint density at radius 1 is 0.268 bits per heavy atom. The van der Waals surface area contributed by atoms with Gasteiger partial charge in [-0.3, -0.25) is 0 Å². The van der Waals surface area contributed by atoms with E-state index >= 15 is 0 Å². The van der Waals surface area contributed by atoms with Crippen molar-refractivity contribution in [3.05, 3.63) is 0 Å². The van der Waals surface area contributed by atoms with E-state index in [2.05, 4.69) is 0 Å². The summed E-state index contributed by atoms with van der Waals surface area (Å²) in [5, 5.41) is 173. The minimum atomic E-state index is -1.96. The molecule has 5 aliphatic rings. The zero-order chi connectivity index (χ0) is 41.3. The second kappa shape index (κ2) is 19.6. The first kappa shape index (κ1) is 46.0. The van der Waals surface area contributed by atoms with Gasteiger partial charge in [0, 0.05) is 0 Å². The Labute approximate surface area is 316 Å². The van der Waals surface area contributed by atoms with Gasteiger partial charge in [0.2, 0.25) is 0 Å². The molecule has 25 atom stereocenters. The van der Waals surface area contributed by atoms with Crippen LogP contribution < -0.4 is 0 Å². The van der Waals surface area contributed by atoms with Crippen LogP contribution in [0.5, 0.6) is 0 Å². The van der Waals surface area contributed by atoms with Crippen LogP contribution in [0.1, 0.15) is 0 Å². The van der Waals surface area contributed by atoms with E-state index in [4.69, 9.17) is 42.6 Å². The van der Waals surface area contributed by atoms with Crippen molar-refractivity contribution < 1.29 is 129 Å². The van der Waals surface area contributed by atoms with Crippen molar-refractivity contribution in [2.24, 2.45) is 0 Å². The summed E-state index contributed by atoms with van der Waals surface area (Å²) in [5.74, 6) is 0. The number of rotatable bonds is 13. The van der Waals surface area contributed by atoms with E-state index in [0.29, 0.717) is 0 Å². The highest BCUT2D eigenvalue weighted by Crippen LogP contribution is 2.30. The lowest BCUT2D eigenvalue weighted by Gasteiger charge is -2.44. The molecule has 0 aromatic heterocycles. The van der Waals surface area contributed by atoms with E-state index < -0.39 is 187 Å². The molecule has 0 aromatic rings. The molecule has 5 aliphatic heterocycles. The van der Waals surface area contributed by atoms with Crippen LogP contribution in [-0.4, -0.2) is 273 Å². The van der Waals surface area contributed by atoms with Gasteiger partial charge < -0.3 is 129 Å². The monoisotopic (exact) mass is 828 g/mol. The minimum absolute atomic E-state index is 0.669. The molecule has 0 amide bonds. The topological polar surface area (TPSA) is 427 Å². The number of aliphatic hydroxyl groups is 17. The lowest BCUT2D eigenvalue weighted by atomic mass is 9.97. The van der Waals surface area contributed by atoms with Crippen molar-refractivity contribution in [3.8, 4) is 0 Å². The van der Waals surface area contributed by atoms with Gasteiger partial charge >= 0.3 is 0 Å². The van der Waals surface area contributed by atoms with E-state index in [-0.39, 0.29) is 0 Å². The molecule has 0 aromatic carbocycles. The predicted molar refractivity (Wildman–Crippen MR) is 167 cm³/mol. The molecule has 56 heavy (non-hydrogen) atoms. The summed E-state index contributed by atoms with van der Waals surface area (Å²) in [6.45, 7) is -3.57. The highest BCUT2D eigenvalue weighted by atomic mass is 16.8. The fraction of sp³-hybridized carbons (Fsp3) is 1.00. The van der Waals surface area contributed by atoms with Crippen LogP contribution in [0.3, 0.4) is 0 Å². The van der Waals surface area contributed by atoms with E-state index in [1.165, 1.54) is 0 Å². The Balaban J connectivity index is 1.15. The normalized spacial score (nSPS) is 53.2. The van der Waals surface area contributed by atoms with Crippen molar-refractivity contribution in [1.29, 1.82) is 0 Å². The van der Waals surface area contributed by atoms with E-state index in [0.717, 1.165) is 0 Å². The van der Waals surface area contributed by atoms with Crippen LogP contribution in [-0.2, 0) is 42.6 Å². The second-order valence-electron chi connectivity index (χ2n) is 14.1. The third-order valence-electron chi connectivity index (χ3n) is 10.2. The van der Waals surface area contributed by atoms with Crippen LogP contribution in [0, 0.1) is 0 Å². The summed E-state index contributed by atoms with van der Waals surface area (Å²) in [4.78, 5) is 0. The maximum absolute atomic E-state index is 10.6. The molecule has 0 saturated carbocycles. The summed E-state index contributed by atoms with van der Waals surface area (Å²) in [6.07, 6.45) is -44.0. The van der Waals surface area contributed by atoms with Crippen molar-refractivity contribution in [2.75, 3.05) is 33.0 Å². The van der Waals surface area contributed by atoms with E-state index in [9.17, 15) is 86.8 Å². The third kappa shape index (κ3) is 9.77. The molecule has 5 saturated heterocycles. The summed E-state index contributed by atoms with van der Waals surface area (Å²) < 4.78 is 48.5. The Hall–Kier alpha value is -1.04. The zero-order valence-electron chi connectivity index (χ0n) is 29.2. The maximum atomic E-state index is 10.6. The average Bonchev–Trinajstić information content (AvgIpc) is 3.18. The fourth-order valence-electron chi connectivity index (χ4n) is 6.61. The molecule has 5 rings (SSSR count). The smallest absolute Gasteiger partial charge is 0.186 e. The first-order valence-electron chi connectivity index (χ1n) is 17.6. The van der Waals surface area contributed by atoms with Gasteiger partial charge in [-0.25, -0.2) is 0 Å². The van der Waals surface area contributed by atoms with Crippen molar-refractivity contribution in [1.82, 2.24) is 0 Å². The first-order valence-corrected chi connectivity index (χ1v) is 17.6. The molecule has 26 nitrogen and oxygen atoms in total. The van der Waals surface area contributed by atoms with Crippen molar-refractivity contribution in [3.63, 3.8) is 0 Å². The zero-order valence-corrected chi connectivity index (χ0v) is 29.2. The van der Waals surface area contributed by atoms with Gasteiger partial charge in [0.05, 0.1) is 33.0 Å². The Kier molecular flexibility index (Phi) is 16.1. The minimum Gasteiger partial charge on any atom is -0.394 e. The van der Waals surface area contributed by atoms with Crippen LogP contribution in [0.25, 0.3) is 0 Å². The largest absolute Gasteiger partial charge is 0.394 e. The van der Waals surface area contributed by atoms with E-state index in [1.54, 1.807) is 0 Å². The highest BCUT2D eigenvalue weighted by Gasteiger charge is 2.51. The Bertz CT molecular complexity index is 1210. The molecule has 17 N–H and O–H groups in total. The Morgan fingerprint density at radius 2 is 0.500 bits per heavy atom. The number of ether oxygens (including phenoxy) is 9. The summed E-state index contributed by atoms with van der Waals surface area (Å²) >= 11 is 0. The first-order chi connectivity index (χ1) is 26.4.